The van der Waals surface area contributed by atoms with Gasteiger partial charge < -0.3 is 11.1 Å². The lowest BCUT2D eigenvalue weighted by molar-refractivity contribution is 0.100. The number of carbonyl (C=O) groups excluding carboxylic acids is 2. The van der Waals surface area contributed by atoms with Crippen LogP contribution < -0.4 is 11.1 Å². The monoisotopic (exact) mass is 261 g/mol. The summed E-state index contributed by atoms with van der Waals surface area (Å²) in [6.07, 6.45) is 0. The predicted molar refractivity (Wildman–Crippen MR) is 69.8 cm³/mol. The Morgan fingerprint density at radius 3 is 2.67 bits per heavy atom. The van der Waals surface area contributed by atoms with Gasteiger partial charge in [0.15, 0.2) is 5.01 Å². The van der Waals surface area contributed by atoms with E-state index in [1.807, 2.05) is 6.92 Å². The Morgan fingerprint density at radius 2 is 2.06 bits per heavy atom. The number of para-hydroxylation sites is 1. The molecule has 0 aliphatic carbocycles. The number of nitrogens with one attached hydrogen (secondary N) is 1. The number of rotatable bonds is 3. The number of amides is 2. The summed E-state index contributed by atoms with van der Waals surface area (Å²) in [5, 5.41) is 4.77. The van der Waals surface area contributed by atoms with Gasteiger partial charge >= 0.3 is 0 Å². The van der Waals surface area contributed by atoms with E-state index < -0.39 is 5.91 Å². The smallest absolute Gasteiger partial charge is 0.284 e. The van der Waals surface area contributed by atoms with Gasteiger partial charge in [-0.25, -0.2) is 4.98 Å². The van der Waals surface area contributed by atoms with Gasteiger partial charge in [0.1, 0.15) is 0 Å². The molecule has 2 amide bonds. The summed E-state index contributed by atoms with van der Waals surface area (Å²) in [4.78, 5) is 27.2. The molecular formula is C12H11N3O2S. The summed E-state index contributed by atoms with van der Waals surface area (Å²) >= 11 is 1.25. The molecule has 18 heavy (non-hydrogen) atoms. The zero-order valence-corrected chi connectivity index (χ0v) is 10.5. The van der Waals surface area contributed by atoms with Crippen molar-refractivity contribution in [3.05, 3.63) is 45.9 Å². The van der Waals surface area contributed by atoms with Crippen molar-refractivity contribution in [2.24, 2.45) is 5.73 Å². The van der Waals surface area contributed by atoms with Crippen molar-refractivity contribution in [3.8, 4) is 0 Å². The fourth-order valence-corrected chi connectivity index (χ4v) is 2.13. The average molecular weight is 261 g/mol. The molecule has 92 valence electrons. The highest BCUT2D eigenvalue weighted by atomic mass is 32.1. The van der Waals surface area contributed by atoms with E-state index in [0.717, 1.165) is 5.69 Å². The minimum absolute atomic E-state index is 0.277. The van der Waals surface area contributed by atoms with Crippen molar-refractivity contribution < 1.29 is 9.59 Å². The first-order chi connectivity index (χ1) is 8.58. The third kappa shape index (κ3) is 2.54. The quantitative estimate of drug-likeness (QED) is 0.883. The summed E-state index contributed by atoms with van der Waals surface area (Å²) < 4.78 is 0. The number of anilines is 1. The van der Waals surface area contributed by atoms with Crippen molar-refractivity contribution in [2.75, 3.05) is 5.32 Å². The van der Waals surface area contributed by atoms with Gasteiger partial charge in [0.2, 0.25) is 0 Å². The van der Waals surface area contributed by atoms with Gasteiger partial charge in [-0.15, -0.1) is 11.3 Å². The fourth-order valence-electron chi connectivity index (χ4n) is 1.44. The van der Waals surface area contributed by atoms with Gasteiger partial charge in [-0.1, -0.05) is 12.1 Å². The molecule has 0 aliphatic rings. The van der Waals surface area contributed by atoms with Gasteiger partial charge in [-0.2, -0.15) is 0 Å². The van der Waals surface area contributed by atoms with Gasteiger partial charge in [-0.05, 0) is 19.1 Å². The topological polar surface area (TPSA) is 85.1 Å². The molecule has 0 atom stereocenters. The summed E-state index contributed by atoms with van der Waals surface area (Å²) in [6, 6.07) is 6.59. The molecule has 1 aromatic carbocycles. The Kier molecular flexibility index (Phi) is 3.38. The Balaban J connectivity index is 2.24. The number of primary amides is 1. The highest BCUT2D eigenvalue weighted by Crippen LogP contribution is 2.17. The molecule has 0 unspecified atom stereocenters. The number of aryl methyl sites for hydroxylation is 1. The number of aromatic nitrogens is 1. The van der Waals surface area contributed by atoms with Crippen LogP contribution in [-0.4, -0.2) is 16.8 Å². The van der Waals surface area contributed by atoms with Crippen molar-refractivity contribution >= 4 is 28.8 Å². The van der Waals surface area contributed by atoms with Crippen molar-refractivity contribution in [2.45, 2.75) is 6.92 Å². The van der Waals surface area contributed by atoms with Gasteiger partial charge in [0.25, 0.3) is 11.8 Å². The molecule has 5 nitrogen and oxygen atoms in total. The molecule has 1 heterocycles. The van der Waals surface area contributed by atoms with E-state index in [-0.39, 0.29) is 11.5 Å². The third-order valence-corrected chi connectivity index (χ3v) is 3.21. The average Bonchev–Trinajstić information content (AvgIpc) is 2.76. The highest BCUT2D eigenvalue weighted by Gasteiger charge is 2.13. The second-order valence-corrected chi connectivity index (χ2v) is 4.52. The zero-order chi connectivity index (χ0) is 13.1. The maximum atomic E-state index is 11.9. The van der Waals surface area contributed by atoms with Crippen LogP contribution in [0.5, 0.6) is 0 Å². The van der Waals surface area contributed by atoms with Crippen LogP contribution in [0, 0.1) is 6.92 Å². The second kappa shape index (κ2) is 4.97. The largest absolute Gasteiger partial charge is 0.366 e. The number of benzene rings is 1. The molecule has 0 saturated carbocycles. The number of thiazole rings is 1. The van der Waals surface area contributed by atoms with E-state index in [4.69, 9.17) is 5.73 Å². The Hall–Kier alpha value is -2.21. The van der Waals surface area contributed by atoms with E-state index in [1.54, 1.807) is 29.6 Å². The third-order valence-electron chi connectivity index (χ3n) is 2.25. The minimum Gasteiger partial charge on any atom is -0.366 e. The van der Waals surface area contributed by atoms with Crippen LogP contribution in [0.3, 0.4) is 0 Å². The molecule has 2 rings (SSSR count). The fraction of sp³-hybridized carbons (Fsp3) is 0.0833. The molecule has 0 aliphatic heterocycles. The molecule has 0 saturated heterocycles. The van der Waals surface area contributed by atoms with Gasteiger partial charge in [-0.3, -0.25) is 9.59 Å². The van der Waals surface area contributed by atoms with Crippen LogP contribution in [0.15, 0.2) is 29.6 Å². The lowest BCUT2D eigenvalue weighted by atomic mass is 10.1. The first-order valence-electron chi connectivity index (χ1n) is 5.20. The SMILES string of the molecule is Cc1csc(C(=O)Nc2ccccc2C(N)=O)n1. The second-order valence-electron chi connectivity index (χ2n) is 3.66. The van der Waals surface area contributed by atoms with E-state index in [0.29, 0.717) is 10.7 Å². The minimum atomic E-state index is -0.582. The van der Waals surface area contributed by atoms with E-state index in [1.165, 1.54) is 11.3 Å². The zero-order valence-electron chi connectivity index (χ0n) is 9.64. The Labute approximate surface area is 108 Å². The molecule has 2 aromatic rings. The van der Waals surface area contributed by atoms with E-state index >= 15 is 0 Å². The first-order valence-corrected chi connectivity index (χ1v) is 6.08. The molecule has 3 N–H and O–H groups in total. The summed E-state index contributed by atoms with van der Waals surface area (Å²) in [5.74, 6) is -0.928. The van der Waals surface area contributed by atoms with Crippen molar-refractivity contribution in [3.63, 3.8) is 0 Å². The number of nitrogens with zero attached hydrogens (tertiary/aromatic N) is 1. The van der Waals surface area contributed by atoms with Crippen LogP contribution in [0.1, 0.15) is 25.9 Å². The summed E-state index contributed by atoms with van der Waals surface area (Å²) in [7, 11) is 0. The Morgan fingerprint density at radius 1 is 1.33 bits per heavy atom. The molecular weight excluding hydrogens is 250 g/mol. The highest BCUT2D eigenvalue weighted by molar-refractivity contribution is 7.11. The van der Waals surface area contributed by atoms with E-state index in [2.05, 4.69) is 10.3 Å². The van der Waals surface area contributed by atoms with E-state index in [9.17, 15) is 9.59 Å². The summed E-state index contributed by atoms with van der Waals surface area (Å²) in [6.45, 7) is 1.81. The number of hydrogen-bond donors (Lipinski definition) is 2. The van der Waals surface area contributed by atoms with Crippen LogP contribution in [0.2, 0.25) is 0 Å². The normalized spacial score (nSPS) is 10.1. The lowest BCUT2D eigenvalue weighted by Gasteiger charge is -2.06. The molecule has 0 spiro atoms. The number of hydrogen-bond acceptors (Lipinski definition) is 4. The van der Waals surface area contributed by atoms with Gasteiger partial charge in [0, 0.05) is 11.1 Å². The number of nitrogens with two attached hydrogens (primary N) is 1. The molecule has 0 radical (unpaired) electrons. The maximum absolute atomic E-state index is 11.9. The van der Waals surface area contributed by atoms with Crippen LogP contribution in [0.4, 0.5) is 5.69 Å². The molecule has 1 aromatic heterocycles. The Bertz CT molecular complexity index is 607. The van der Waals surface area contributed by atoms with Crippen LogP contribution in [-0.2, 0) is 0 Å². The van der Waals surface area contributed by atoms with Crippen LogP contribution >= 0.6 is 11.3 Å². The molecule has 6 heteroatoms. The number of carbonyl (C=O) groups is 2. The standard InChI is InChI=1S/C12H11N3O2S/c1-7-6-18-12(14-7)11(17)15-9-5-3-2-4-8(9)10(13)16/h2-6H,1H3,(H2,13,16)(H,15,17). The van der Waals surface area contributed by atoms with Crippen LogP contribution in [0.25, 0.3) is 0 Å². The predicted octanol–water partition coefficient (Wildman–Crippen LogP) is 1.80. The first kappa shape index (κ1) is 12.3. The maximum Gasteiger partial charge on any atom is 0.284 e. The van der Waals surface area contributed by atoms with Crippen molar-refractivity contribution in [1.29, 1.82) is 0 Å². The lowest BCUT2D eigenvalue weighted by Crippen LogP contribution is -2.18. The van der Waals surface area contributed by atoms with Gasteiger partial charge in [0.05, 0.1) is 11.3 Å². The van der Waals surface area contributed by atoms with Crippen molar-refractivity contribution in [1.82, 2.24) is 4.98 Å². The molecule has 0 bridgehead atoms. The summed E-state index contributed by atoms with van der Waals surface area (Å²) in [5.41, 5.74) is 6.68. The molecule has 0 fully saturated rings.